The zero-order valence-corrected chi connectivity index (χ0v) is 9.39. The Kier molecular flexibility index (Phi) is 2.53. The highest BCUT2D eigenvalue weighted by atomic mass is 16.5. The summed E-state index contributed by atoms with van der Waals surface area (Å²) in [5.41, 5.74) is 7.73. The molecule has 88 valence electrons. The summed E-state index contributed by atoms with van der Waals surface area (Å²) in [6.07, 6.45) is 2.52. The molecule has 17 heavy (non-hydrogen) atoms. The highest BCUT2D eigenvalue weighted by molar-refractivity contribution is 5.90. The van der Waals surface area contributed by atoms with Crippen molar-refractivity contribution < 1.29 is 4.74 Å². The molecular weight excluding hydrogens is 216 g/mol. The monoisotopic (exact) mass is 230 g/mol. The van der Waals surface area contributed by atoms with Crippen LogP contribution in [0.2, 0.25) is 0 Å². The van der Waals surface area contributed by atoms with Gasteiger partial charge < -0.3 is 15.8 Å². The minimum Gasteiger partial charge on any atom is -0.383 e. The van der Waals surface area contributed by atoms with Crippen molar-refractivity contribution in [3.05, 3.63) is 24.5 Å². The fourth-order valence-electron chi connectivity index (χ4n) is 2.05. The van der Waals surface area contributed by atoms with Crippen LogP contribution in [0, 0.1) is 0 Å². The molecule has 1 aromatic carbocycles. The first-order valence-corrected chi connectivity index (χ1v) is 5.67. The van der Waals surface area contributed by atoms with E-state index in [1.807, 2.05) is 18.2 Å². The van der Waals surface area contributed by atoms with Crippen LogP contribution in [0.4, 0.5) is 11.5 Å². The van der Waals surface area contributed by atoms with Crippen molar-refractivity contribution in [2.75, 3.05) is 24.3 Å². The molecule has 1 fully saturated rings. The Hall–Kier alpha value is -1.88. The number of nitrogen functional groups attached to an aromatic ring is 1. The summed E-state index contributed by atoms with van der Waals surface area (Å²) < 4.78 is 5.33. The number of benzene rings is 1. The number of nitrogens with two attached hydrogens (primary N) is 1. The Labute approximate surface area is 99.0 Å². The molecule has 1 saturated heterocycles. The molecule has 5 heteroatoms. The van der Waals surface area contributed by atoms with Crippen molar-refractivity contribution in [2.45, 2.75) is 12.5 Å². The third kappa shape index (κ3) is 2.01. The standard InChI is InChI=1S/C12H14N4O/c13-12-10-5-8(16-9-3-4-17-6-9)1-2-11(10)14-7-15-12/h1-2,5,7,9,16H,3-4,6H2,(H2,13,14,15)/t9-/m0/s1. The molecule has 1 atom stereocenters. The van der Waals surface area contributed by atoms with Crippen molar-refractivity contribution in [2.24, 2.45) is 0 Å². The van der Waals surface area contributed by atoms with E-state index in [1.54, 1.807) is 0 Å². The molecule has 3 N–H and O–H groups in total. The van der Waals surface area contributed by atoms with Crippen LogP contribution in [0.3, 0.4) is 0 Å². The van der Waals surface area contributed by atoms with E-state index in [1.165, 1.54) is 6.33 Å². The topological polar surface area (TPSA) is 73.1 Å². The zero-order chi connectivity index (χ0) is 11.7. The van der Waals surface area contributed by atoms with Crippen LogP contribution in [-0.2, 0) is 4.74 Å². The van der Waals surface area contributed by atoms with Crippen molar-refractivity contribution in [3.63, 3.8) is 0 Å². The molecule has 0 spiro atoms. The van der Waals surface area contributed by atoms with Gasteiger partial charge in [-0.2, -0.15) is 0 Å². The summed E-state index contributed by atoms with van der Waals surface area (Å²) in [5, 5.41) is 4.31. The van der Waals surface area contributed by atoms with Gasteiger partial charge in [-0.25, -0.2) is 9.97 Å². The number of fused-ring (bicyclic) bond motifs is 1. The van der Waals surface area contributed by atoms with Crippen LogP contribution in [0.1, 0.15) is 6.42 Å². The van der Waals surface area contributed by atoms with Gasteiger partial charge in [0.15, 0.2) is 0 Å². The highest BCUT2D eigenvalue weighted by Gasteiger charge is 2.15. The molecule has 1 aromatic heterocycles. The Balaban J connectivity index is 1.92. The first-order valence-electron chi connectivity index (χ1n) is 5.67. The second kappa shape index (κ2) is 4.18. The van der Waals surface area contributed by atoms with Crippen LogP contribution in [-0.4, -0.2) is 29.2 Å². The number of hydrogen-bond donors (Lipinski definition) is 2. The Morgan fingerprint density at radius 3 is 3.12 bits per heavy atom. The average molecular weight is 230 g/mol. The van der Waals surface area contributed by atoms with Gasteiger partial charge in [-0.3, -0.25) is 0 Å². The fourth-order valence-corrected chi connectivity index (χ4v) is 2.05. The Bertz CT molecular complexity index is 537. The van der Waals surface area contributed by atoms with Gasteiger partial charge in [0.1, 0.15) is 12.1 Å². The maximum Gasteiger partial charge on any atom is 0.134 e. The molecule has 0 bridgehead atoms. The predicted molar refractivity (Wildman–Crippen MR) is 66.8 cm³/mol. The second-order valence-electron chi connectivity index (χ2n) is 4.20. The summed E-state index contributed by atoms with van der Waals surface area (Å²) in [7, 11) is 0. The number of ether oxygens (including phenoxy) is 1. The van der Waals surface area contributed by atoms with Crippen LogP contribution < -0.4 is 11.1 Å². The van der Waals surface area contributed by atoms with Crippen molar-refractivity contribution >= 4 is 22.4 Å². The molecule has 5 nitrogen and oxygen atoms in total. The van der Waals surface area contributed by atoms with Gasteiger partial charge in [0.2, 0.25) is 0 Å². The van der Waals surface area contributed by atoms with Crippen molar-refractivity contribution in [3.8, 4) is 0 Å². The normalized spacial score (nSPS) is 19.6. The van der Waals surface area contributed by atoms with Crippen molar-refractivity contribution in [1.29, 1.82) is 0 Å². The molecule has 0 aliphatic carbocycles. The lowest BCUT2D eigenvalue weighted by Gasteiger charge is -2.12. The predicted octanol–water partition coefficient (Wildman–Crippen LogP) is 1.41. The lowest BCUT2D eigenvalue weighted by Crippen LogP contribution is -2.18. The highest BCUT2D eigenvalue weighted by Crippen LogP contribution is 2.22. The fraction of sp³-hybridized carbons (Fsp3) is 0.333. The van der Waals surface area contributed by atoms with Gasteiger partial charge in [0.25, 0.3) is 0 Å². The van der Waals surface area contributed by atoms with E-state index in [0.717, 1.165) is 36.2 Å². The number of hydrogen-bond acceptors (Lipinski definition) is 5. The molecular formula is C12H14N4O. The van der Waals surface area contributed by atoms with Crippen molar-refractivity contribution in [1.82, 2.24) is 9.97 Å². The quantitative estimate of drug-likeness (QED) is 0.816. The second-order valence-corrected chi connectivity index (χ2v) is 4.20. The third-order valence-electron chi connectivity index (χ3n) is 2.97. The van der Waals surface area contributed by atoms with Gasteiger partial charge in [0, 0.05) is 17.7 Å². The smallest absolute Gasteiger partial charge is 0.134 e. The molecule has 2 aromatic rings. The Morgan fingerprint density at radius 1 is 1.35 bits per heavy atom. The maximum atomic E-state index is 5.83. The van der Waals surface area contributed by atoms with Gasteiger partial charge >= 0.3 is 0 Å². The Morgan fingerprint density at radius 2 is 2.29 bits per heavy atom. The first-order chi connectivity index (χ1) is 8.33. The largest absolute Gasteiger partial charge is 0.383 e. The molecule has 1 aliphatic heterocycles. The number of nitrogens with one attached hydrogen (secondary N) is 1. The minimum absolute atomic E-state index is 0.387. The van der Waals surface area contributed by atoms with Gasteiger partial charge in [-0.1, -0.05) is 0 Å². The van der Waals surface area contributed by atoms with Gasteiger partial charge in [-0.15, -0.1) is 0 Å². The SMILES string of the molecule is Nc1ncnc2ccc(N[C@H]3CCOC3)cc12. The van der Waals surface area contributed by atoms with Crippen LogP contribution >= 0.6 is 0 Å². The summed E-state index contributed by atoms with van der Waals surface area (Å²) in [5.74, 6) is 0.515. The molecule has 1 aliphatic rings. The molecule has 2 heterocycles. The molecule has 0 radical (unpaired) electrons. The van der Waals surface area contributed by atoms with E-state index in [9.17, 15) is 0 Å². The number of rotatable bonds is 2. The number of aromatic nitrogens is 2. The van der Waals surface area contributed by atoms with E-state index in [2.05, 4.69) is 15.3 Å². The maximum absolute atomic E-state index is 5.83. The summed E-state index contributed by atoms with van der Waals surface area (Å²) >= 11 is 0. The minimum atomic E-state index is 0.387. The first kappa shape index (κ1) is 10.3. The van der Waals surface area contributed by atoms with E-state index < -0.39 is 0 Å². The zero-order valence-electron chi connectivity index (χ0n) is 9.39. The van der Waals surface area contributed by atoms with E-state index in [4.69, 9.17) is 10.5 Å². The molecule has 0 amide bonds. The van der Waals surface area contributed by atoms with E-state index >= 15 is 0 Å². The van der Waals surface area contributed by atoms with E-state index in [0.29, 0.717) is 11.9 Å². The number of anilines is 2. The third-order valence-corrected chi connectivity index (χ3v) is 2.97. The van der Waals surface area contributed by atoms with Crippen LogP contribution in [0.5, 0.6) is 0 Å². The molecule has 3 rings (SSSR count). The summed E-state index contributed by atoms with van der Waals surface area (Å²) in [4.78, 5) is 8.17. The number of nitrogens with zero attached hydrogens (tertiary/aromatic N) is 2. The molecule has 0 unspecified atom stereocenters. The summed E-state index contributed by atoms with van der Waals surface area (Å²) in [6, 6.07) is 6.33. The summed E-state index contributed by atoms with van der Waals surface area (Å²) in [6.45, 7) is 1.59. The van der Waals surface area contributed by atoms with Crippen LogP contribution in [0.15, 0.2) is 24.5 Å². The lowest BCUT2D eigenvalue weighted by atomic mass is 10.2. The van der Waals surface area contributed by atoms with Gasteiger partial charge in [-0.05, 0) is 24.6 Å². The van der Waals surface area contributed by atoms with Crippen LogP contribution in [0.25, 0.3) is 10.9 Å². The average Bonchev–Trinajstić information content (AvgIpc) is 2.83. The lowest BCUT2D eigenvalue weighted by molar-refractivity contribution is 0.195. The van der Waals surface area contributed by atoms with Gasteiger partial charge in [0.05, 0.1) is 18.2 Å². The molecule has 0 saturated carbocycles. The van der Waals surface area contributed by atoms with E-state index in [-0.39, 0.29) is 0 Å².